The molecule has 1 aliphatic carbocycles. The summed E-state index contributed by atoms with van der Waals surface area (Å²) >= 11 is 0. The molecule has 0 bridgehead atoms. The standard InChI is InChI=1S/C16H20N4/c1-2-8-17-13(3-1)6-9-19-10-7-16-15(11-19)18-12-20(16)14-4-5-14/h1-3,8,12,14H,4-7,9-11H2. The van der Waals surface area contributed by atoms with Gasteiger partial charge in [-0.15, -0.1) is 0 Å². The fraction of sp³-hybridized carbons (Fsp3) is 0.500. The number of fused-ring (bicyclic) bond motifs is 1. The van der Waals surface area contributed by atoms with Crippen LogP contribution in [0.4, 0.5) is 0 Å². The molecule has 2 aromatic rings. The summed E-state index contributed by atoms with van der Waals surface area (Å²) in [6.07, 6.45) is 8.79. The van der Waals surface area contributed by atoms with E-state index in [4.69, 9.17) is 0 Å². The summed E-state index contributed by atoms with van der Waals surface area (Å²) in [5, 5.41) is 0. The minimum Gasteiger partial charge on any atom is -0.331 e. The molecule has 2 aromatic heterocycles. The minimum absolute atomic E-state index is 0.756. The maximum absolute atomic E-state index is 4.63. The van der Waals surface area contributed by atoms with E-state index in [0.29, 0.717) is 0 Å². The first-order valence-electron chi connectivity index (χ1n) is 7.57. The van der Waals surface area contributed by atoms with Crippen LogP contribution in [0.3, 0.4) is 0 Å². The fourth-order valence-corrected chi connectivity index (χ4v) is 3.06. The highest BCUT2D eigenvalue weighted by Crippen LogP contribution is 2.37. The summed E-state index contributed by atoms with van der Waals surface area (Å²) in [6, 6.07) is 6.90. The first kappa shape index (κ1) is 12.1. The number of imidazole rings is 1. The number of hydrogen-bond acceptors (Lipinski definition) is 3. The zero-order valence-electron chi connectivity index (χ0n) is 11.7. The van der Waals surface area contributed by atoms with Crippen LogP contribution >= 0.6 is 0 Å². The van der Waals surface area contributed by atoms with Crippen LogP contribution in [-0.4, -0.2) is 32.5 Å². The van der Waals surface area contributed by atoms with Crippen molar-refractivity contribution >= 4 is 0 Å². The molecule has 0 amide bonds. The van der Waals surface area contributed by atoms with Crippen molar-refractivity contribution in [2.75, 3.05) is 13.1 Å². The van der Waals surface area contributed by atoms with E-state index in [1.54, 1.807) is 0 Å². The van der Waals surface area contributed by atoms with Gasteiger partial charge < -0.3 is 4.57 Å². The molecule has 4 nitrogen and oxygen atoms in total. The van der Waals surface area contributed by atoms with Gasteiger partial charge in [0.25, 0.3) is 0 Å². The quantitative estimate of drug-likeness (QED) is 0.852. The second-order valence-electron chi connectivity index (χ2n) is 5.87. The Kier molecular flexibility index (Phi) is 3.03. The van der Waals surface area contributed by atoms with Gasteiger partial charge in [0, 0.05) is 56.1 Å². The molecular formula is C16H20N4. The highest BCUT2D eigenvalue weighted by atomic mass is 15.2. The third-order valence-corrected chi connectivity index (χ3v) is 4.37. The largest absolute Gasteiger partial charge is 0.331 e. The maximum Gasteiger partial charge on any atom is 0.0954 e. The van der Waals surface area contributed by atoms with Crippen LogP contribution in [0.5, 0.6) is 0 Å². The summed E-state index contributed by atoms with van der Waals surface area (Å²) in [6.45, 7) is 3.23. The smallest absolute Gasteiger partial charge is 0.0954 e. The van der Waals surface area contributed by atoms with E-state index in [1.165, 1.54) is 29.9 Å². The van der Waals surface area contributed by atoms with Gasteiger partial charge in [0.2, 0.25) is 0 Å². The molecule has 3 heterocycles. The third-order valence-electron chi connectivity index (χ3n) is 4.37. The molecule has 1 aliphatic heterocycles. The van der Waals surface area contributed by atoms with E-state index in [9.17, 15) is 0 Å². The second-order valence-corrected chi connectivity index (χ2v) is 5.87. The van der Waals surface area contributed by atoms with Gasteiger partial charge >= 0.3 is 0 Å². The van der Waals surface area contributed by atoms with Crippen LogP contribution in [0.1, 0.15) is 36.0 Å². The SMILES string of the molecule is c1ccc(CCN2CCc3c(ncn3C3CC3)C2)nc1. The molecule has 1 saturated carbocycles. The van der Waals surface area contributed by atoms with Crippen molar-refractivity contribution in [3.63, 3.8) is 0 Å². The van der Waals surface area contributed by atoms with E-state index in [-0.39, 0.29) is 0 Å². The van der Waals surface area contributed by atoms with Crippen molar-refractivity contribution in [2.45, 2.75) is 38.3 Å². The fourth-order valence-electron chi connectivity index (χ4n) is 3.06. The summed E-state index contributed by atoms with van der Waals surface area (Å²) in [7, 11) is 0. The molecule has 0 saturated heterocycles. The number of nitrogens with zero attached hydrogens (tertiary/aromatic N) is 4. The van der Waals surface area contributed by atoms with E-state index >= 15 is 0 Å². The average Bonchev–Trinajstić information content (AvgIpc) is 3.26. The predicted molar refractivity (Wildman–Crippen MR) is 77.4 cm³/mol. The Hall–Kier alpha value is -1.68. The summed E-state index contributed by atoms with van der Waals surface area (Å²) in [4.78, 5) is 11.5. The molecule has 4 heteroatoms. The Morgan fingerprint density at radius 2 is 2.15 bits per heavy atom. The monoisotopic (exact) mass is 268 g/mol. The van der Waals surface area contributed by atoms with Crippen LogP contribution in [0, 0.1) is 0 Å². The molecule has 20 heavy (non-hydrogen) atoms. The molecule has 0 radical (unpaired) electrons. The number of pyridine rings is 1. The Morgan fingerprint density at radius 1 is 1.20 bits per heavy atom. The van der Waals surface area contributed by atoms with E-state index < -0.39 is 0 Å². The zero-order valence-corrected chi connectivity index (χ0v) is 11.7. The Morgan fingerprint density at radius 3 is 2.95 bits per heavy atom. The lowest BCUT2D eigenvalue weighted by Crippen LogP contribution is -2.33. The molecular weight excluding hydrogens is 248 g/mol. The zero-order chi connectivity index (χ0) is 13.4. The molecule has 2 aliphatic rings. The number of hydrogen-bond donors (Lipinski definition) is 0. The molecule has 0 spiro atoms. The van der Waals surface area contributed by atoms with Crippen molar-refractivity contribution in [3.05, 3.63) is 47.8 Å². The first-order valence-corrected chi connectivity index (χ1v) is 7.57. The van der Waals surface area contributed by atoms with Crippen LogP contribution in [0.25, 0.3) is 0 Å². The van der Waals surface area contributed by atoms with Crippen molar-refractivity contribution < 1.29 is 0 Å². The maximum atomic E-state index is 4.63. The number of aromatic nitrogens is 3. The van der Waals surface area contributed by atoms with Crippen LogP contribution < -0.4 is 0 Å². The van der Waals surface area contributed by atoms with Gasteiger partial charge in [-0.2, -0.15) is 0 Å². The van der Waals surface area contributed by atoms with Crippen LogP contribution in [0.15, 0.2) is 30.7 Å². The van der Waals surface area contributed by atoms with Crippen LogP contribution in [0.2, 0.25) is 0 Å². The van der Waals surface area contributed by atoms with Crippen molar-refractivity contribution in [1.82, 2.24) is 19.4 Å². The summed E-state index contributed by atoms with van der Waals surface area (Å²) in [5.74, 6) is 0. The van der Waals surface area contributed by atoms with Crippen molar-refractivity contribution in [3.8, 4) is 0 Å². The van der Waals surface area contributed by atoms with Gasteiger partial charge in [0.1, 0.15) is 0 Å². The molecule has 1 fully saturated rings. The first-order chi connectivity index (χ1) is 9.90. The average molecular weight is 268 g/mol. The summed E-state index contributed by atoms with van der Waals surface area (Å²) < 4.78 is 2.42. The summed E-state index contributed by atoms with van der Waals surface area (Å²) in [5.41, 5.74) is 3.97. The number of rotatable bonds is 4. The highest BCUT2D eigenvalue weighted by molar-refractivity contribution is 5.18. The minimum atomic E-state index is 0.756. The third kappa shape index (κ3) is 2.36. The van der Waals surface area contributed by atoms with Crippen LogP contribution in [-0.2, 0) is 19.4 Å². The normalized spacial score (nSPS) is 19.0. The van der Waals surface area contributed by atoms with Gasteiger partial charge in [-0.1, -0.05) is 6.07 Å². The van der Waals surface area contributed by atoms with Gasteiger partial charge in [-0.25, -0.2) is 4.98 Å². The highest BCUT2D eigenvalue weighted by Gasteiger charge is 2.29. The predicted octanol–water partition coefficient (Wildman–Crippen LogP) is 2.21. The van der Waals surface area contributed by atoms with Gasteiger partial charge in [0.15, 0.2) is 0 Å². The lowest BCUT2D eigenvalue weighted by Gasteiger charge is -2.26. The molecule has 0 N–H and O–H groups in total. The Labute approximate surface area is 119 Å². The lowest BCUT2D eigenvalue weighted by atomic mass is 10.1. The van der Waals surface area contributed by atoms with Crippen molar-refractivity contribution in [2.24, 2.45) is 0 Å². The Bertz CT molecular complexity index is 586. The van der Waals surface area contributed by atoms with Crippen molar-refractivity contribution in [1.29, 1.82) is 0 Å². The van der Waals surface area contributed by atoms with Gasteiger partial charge in [-0.3, -0.25) is 9.88 Å². The Balaban J connectivity index is 1.40. The molecule has 104 valence electrons. The van der Waals surface area contributed by atoms with Gasteiger partial charge in [-0.05, 0) is 25.0 Å². The topological polar surface area (TPSA) is 34.0 Å². The molecule has 0 aromatic carbocycles. The molecule has 4 rings (SSSR count). The van der Waals surface area contributed by atoms with E-state index in [0.717, 1.165) is 38.5 Å². The van der Waals surface area contributed by atoms with E-state index in [1.807, 2.05) is 12.3 Å². The molecule has 0 unspecified atom stereocenters. The molecule has 0 atom stereocenters. The van der Waals surface area contributed by atoms with Gasteiger partial charge in [0.05, 0.1) is 12.0 Å². The second kappa shape index (κ2) is 5.02. The lowest BCUT2D eigenvalue weighted by molar-refractivity contribution is 0.250. The van der Waals surface area contributed by atoms with E-state index in [2.05, 4.69) is 37.9 Å².